The van der Waals surface area contributed by atoms with E-state index in [2.05, 4.69) is 23.3 Å². The Kier molecular flexibility index (Phi) is 9.97. The van der Waals surface area contributed by atoms with E-state index < -0.39 is 58.6 Å². The Morgan fingerprint density at radius 1 is 1.07 bits per heavy atom. The molecule has 1 saturated carbocycles. The van der Waals surface area contributed by atoms with Crippen molar-refractivity contribution >= 4 is 34.6 Å². The molecule has 1 saturated heterocycles. The second-order valence-electron chi connectivity index (χ2n) is 14.0. The van der Waals surface area contributed by atoms with Gasteiger partial charge in [-0.3, -0.25) is 9.59 Å². The number of rotatable bonds is 10. The molecule has 10 heteroatoms. The van der Waals surface area contributed by atoms with Crippen LogP contribution < -0.4 is 10.6 Å². The highest BCUT2D eigenvalue weighted by molar-refractivity contribution is 5.96. The van der Waals surface area contributed by atoms with Gasteiger partial charge in [-0.2, -0.15) is 0 Å². The van der Waals surface area contributed by atoms with E-state index in [1.807, 2.05) is 57.2 Å². The highest BCUT2D eigenvalue weighted by atomic mass is 16.6. The maximum Gasteiger partial charge on any atom is 0.408 e. The molecule has 45 heavy (non-hydrogen) atoms. The summed E-state index contributed by atoms with van der Waals surface area (Å²) in [6.45, 7) is 16.8. The van der Waals surface area contributed by atoms with E-state index in [1.54, 1.807) is 33.8 Å². The normalized spacial score (nSPS) is 23.6. The van der Waals surface area contributed by atoms with Gasteiger partial charge in [-0.1, -0.05) is 63.2 Å². The molecule has 2 aromatic rings. The molecule has 4 rings (SSSR count). The summed E-state index contributed by atoms with van der Waals surface area (Å²) >= 11 is 0. The van der Waals surface area contributed by atoms with Gasteiger partial charge in [-0.05, 0) is 61.9 Å². The van der Waals surface area contributed by atoms with Crippen molar-refractivity contribution in [1.82, 2.24) is 15.5 Å². The van der Waals surface area contributed by atoms with Gasteiger partial charge in [0.15, 0.2) is 0 Å². The number of hydrogen-bond donors (Lipinski definition) is 2. The Hall–Kier alpha value is -3.92. The minimum Gasteiger partial charge on any atom is -0.464 e. The zero-order valence-electron chi connectivity index (χ0n) is 27.5. The summed E-state index contributed by atoms with van der Waals surface area (Å²) in [5.74, 6) is -1.72. The van der Waals surface area contributed by atoms with Crippen LogP contribution in [0.25, 0.3) is 10.8 Å². The number of esters is 1. The average molecular weight is 622 g/mol. The molecule has 5 atom stereocenters. The molecular weight excluding hydrogens is 574 g/mol. The van der Waals surface area contributed by atoms with Gasteiger partial charge in [-0.25, -0.2) is 9.59 Å². The van der Waals surface area contributed by atoms with Crippen LogP contribution in [0.2, 0.25) is 0 Å². The molecule has 244 valence electrons. The molecule has 1 aliphatic heterocycles. The third-order valence-corrected chi connectivity index (χ3v) is 8.21. The first-order valence-corrected chi connectivity index (χ1v) is 15.6. The number of amides is 3. The highest BCUT2D eigenvalue weighted by Crippen LogP contribution is 2.45. The van der Waals surface area contributed by atoms with Gasteiger partial charge < -0.3 is 29.7 Å². The van der Waals surface area contributed by atoms with Crippen LogP contribution >= 0.6 is 0 Å². The van der Waals surface area contributed by atoms with Gasteiger partial charge in [-0.15, -0.1) is 6.58 Å². The van der Waals surface area contributed by atoms with Crippen molar-refractivity contribution < 1.29 is 33.4 Å². The molecule has 2 N–H and O–H groups in total. The van der Waals surface area contributed by atoms with Crippen molar-refractivity contribution in [2.24, 2.45) is 11.3 Å². The Morgan fingerprint density at radius 3 is 2.36 bits per heavy atom. The summed E-state index contributed by atoms with van der Waals surface area (Å²) in [6.07, 6.45) is 1.02. The minimum atomic E-state index is -1.22. The molecule has 3 amide bonds. The summed E-state index contributed by atoms with van der Waals surface area (Å²) in [4.78, 5) is 55.3. The van der Waals surface area contributed by atoms with E-state index in [4.69, 9.17) is 14.2 Å². The van der Waals surface area contributed by atoms with Crippen LogP contribution in [0.1, 0.15) is 66.9 Å². The van der Waals surface area contributed by atoms with E-state index in [-0.39, 0.29) is 32.1 Å². The van der Waals surface area contributed by atoms with Crippen molar-refractivity contribution in [3.63, 3.8) is 0 Å². The number of nitrogens with zero attached hydrogens (tertiary/aromatic N) is 1. The Morgan fingerprint density at radius 2 is 1.76 bits per heavy atom. The largest absolute Gasteiger partial charge is 0.464 e. The van der Waals surface area contributed by atoms with E-state index in [9.17, 15) is 19.2 Å². The first-order chi connectivity index (χ1) is 21.1. The lowest BCUT2D eigenvalue weighted by atomic mass is 9.85. The van der Waals surface area contributed by atoms with E-state index in [0.717, 1.165) is 16.3 Å². The van der Waals surface area contributed by atoms with Crippen LogP contribution in [0.5, 0.6) is 0 Å². The number of carbonyl (C=O) groups is 4. The first kappa shape index (κ1) is 34.0. The van der Waals surface area contributed by atoms with Crippen LogP contribution in [0.3, 0.4) is 0 Å². The second kappa shape index (κ2) is 13.2. The van der Waals surface area contributed by atoms with Gasteiger partial charge in [0.25, 0.3) is 0 Å². The SMILES string of the molecule is C=CC1CC1(NC(=O)[C@@H]1C[C@@H](OCc2ccc3ccccc3c2)CN1C(=O)C(NC(=O)OC(C)(C)C)C(C)(C)C)C(=O)OCC. The Balaban J connectivity index is 1.58. The maximum absolute atomic E-state index is 14.2. The topological polar surface area (TPSA) is 123 Å². The third kappa shape index (κ3) is 8.03. The highest BCUT2D eigenvalue weighted by Gasteiger charge is 2.62. The number of carbonyl (C=O) groups excluding carboxylic acids is 4. The zero-order valence-corrected chi connectivity index (χ0v) is 27.5. The molecule has 0 radical (unpaired) electrons. The first-order valence-electron chi connectivity index (χ1n) is 15.6. The number of ether oxygens (including phenoxy) is 3. The molecule has 2 fully saturated rings. The molecule has 2 aliphatic rings. The number of fused-ring (bicyclic) bond motifs is 1. The van der Waals surface area contributed by atoms with Crippen molar-refractivity contribution in [1.29, 1.82) is 0 Å². The summed E-state index contributed by atoms with van der Waals surface area (Å²) in [5, 5.41) is 7.85. The zero-order chi connectivity index (χ0) is 33.2. The average Bonchev–Trinajstić information content (AvgIpc) is 3.50. The summed E-state index contributed by atoms with van der Waals surface area (Å²) in [7, 11) is 0. The lowest BCUT2D eigenvalue weighted by Gasteiger charge is -2.36. The molecule has 10 nitrogen and oxygen atoms in total. The van der Waals surface area contributed by atoms with Gasteiger partial charge in [0.2, 0.25) is 11.8 Å². The van der Waals surface area contributed by atoms with E-state index in [0.29, 0.717) is 6.42 Å². The van der Waals surface area contributed by atoms with Gasteiger partial charge in [0.1, 0.15) is 23.2 Å². The Labute approximate surface area is 265 Å². The van der Waals surface area contributed by atoms with Crippen LogP contribution in [-0.4, -0.2) is 71.3 Å². The molecule has 3 unspecified atom stereocenters. The fourth-order valence-corrected chi connectivity index (χ4v) is 5.76. The lowest BCUT2D eigenvalue weighted by Crippen LogP contribution is -2.59. The van der Waals surface area contributed by atoms with E-state index >= 15 is 0 Å². The smallest absolute Gasteiger partial charge is 0.408 e. The van der Waals surface area contributed by atoms with Gasteiger partial charge in [0.05, 0.1) is 19.3 Å². The molecule has 0 spiro atoms. The summed E-state index contributed by atoms with van der Waals surface area (Å²) in [5.41, 5.74) is -1.73. The van der Waals surface area contributed by atoms with Gasteiger partial charge >= 0.3 is 12.1 Å². The molecular formula is C35H47N3O7. The van der Waals surface area contributed by atoms with Crippen molar-refractivity contribution in [3.05, 3.63) is 60.7 Å². The summed E-state index contributed by atoms with van der Waals surface area (Å²) in [6, 6.07) is 12.2. The van der Waals surface area contributed by atoms with Crippen molar-refractivity contribution in [2.75, 3.05) is 13.2 Å². The molecule has 0 aromatic heterocycles. The van der Waals surface area contributed by atoms with Crippen LogP contribution in [0.15, 0.2) is 55.1 Å². The molecule has 0 bridgehead atoms. The number of nitrogens with one attached hydrogen (secondary N) is 2. The number of likely N-dealkylation sites (tertiary alicyclic amines) is 1. The standard InChI is InChI=1S/C35H47N3O7/c1-9-25-19-35(25,31(41)43-10-2)37-29(39)27-18-26(44-21-22-15-16-23-13-11-12-14-24(23)17-22)20-38(27)30(40)28(33(3,4)5)36-32(42)45-34(6,7)8/h9,11-17,25-28H,1,10,18-21H2,2-8H3,(H,36,42)(H,37,39)/t25?,26-,27+,28?,35?/m1/s1. The quantitative estimate of drug-likeness (QED) is 0.286. The fraction of sp³-hybridized carbons (Fsp3) is 0.543. The number of benzene rings is 2. The van der Waals surface area contributed by atoms with Crippen molar-refractivity contribution in [2.45, 2.75) is 97.2 Å². The summed E-state index contributed by atoms with van der Waals surface area (Å²) < 4.78 is 17.0. The van der Waals surface area contributed by atoms with E-state index in [1.165, 1.54) is 4.90 Å². The van der Waals surface area contributed by atoms with Crippen LogP contribution in [-0.2, 0) is 35.2 Å². The van der Waals surface area contributed by atoms with Crippen LogP contribution in [0, 0.1) is 11.3 Å². The maximum atomic E-state index is 14.2. The third-order valence-electron chi connectivity index (χ3n) is 8.21. The predicted octanol–water partition coefficient (Wildman–Crippen LogP) is 4.89. The predicted molar refractivity (Wildman–Crippen MR) is 171 cm³/mol. The lowest BCUT2D eigenvalue weighted by molar-refractivity contribution is -0.150. The monoisotopic (exact) mass is 621 g/mol. The van der Waals surface area contributed by atoms with Crippen LogP contribution in [0.4, 0.5) is 4.79 Å². The Bertz CT molecular complexity index is 1440. The number of alkyl carbamates (subject to hydrolysis) is 1. The molecule has 1 heterocycles. The number of hydrogen-bond acceptors (Lipinski definition) is 7. The molecule has 1 aliphatic carbocycles. The van der Waals surface area contributed by atoms with Gasteiger partial charge in [0, 0.05) is 18.9 Å². The minimum absolute atomic E-state index is 0.129. The fourth-order valence-electron chi connectivity index (χ4n) is 5.76. The molecule has 2 aromatic carbocycles. The van der Waals surface area contributed by atoms with Crippen molar-refractivity contribution in [3.8, 4) is 0 Å². The second-order valence-corrected chi connectivity index (χ2v) is 14.0.